The molecular weight excluding hydrogens is 461 g/mol. The van der Waals surface area contributed by atoms with Crippen LogP contribution in [0.2, 0.25) is 0 Å². The highest BCUT2D eigenvalue weighted by molar-refractivity contribution is 5.92. The number of methoxy groups -OCH3 is 1. The van der Waals surface area contributed by atoms with Crippen LogP contribution in [0.15, 0.2) is 59.7 Å². The number of halogens is 1. The van der Waals surface area contributed by atoms with Gasteiger partial charge in [0.25, 0.3) is 11.5 Å². The fourth-order valence-corrected chi connectivity index (χ4v) is 5.64. The topological polar surface area (TPSA) is 97.6 Å². The number of rotatable bonds is 8. The van der Waals surface area contributed by atoms with Gasteiger partial charge in [-0.25, -0.2) is 9.37 Å². The zero-order valence-corrected chi connectivity index (χ0v) is 19.9. The Morgan fingerprint density at radius 3 is 2.72 bits per heavy atom. The van der Waals surface area contributed by atoms with Crippen LogP contribution in [0, 0.1) is 5.41 Å². The summed E-state index contributed by atoms with van der Waals surface area (Å²) in [5, 5.41) is 7.19. The number of amides is 1. The van der Waals surface area contributed by atoms with Crippen LogP contribution in [0.5, 0.6) is 5.75 Å². The summed E-state index contributed by atoms with van der Waals surface area (Å²) >= 11 is 0. The Kier molecular flexibility index (Phi) is 5.26. The van der Waals surface area contributed by atoms with E-state index in [0.29, 0.717) is 37.2 Å². The molecule has 184 valence electrons. The van der Waals surface area contributed by atoms with Crippen molar-refractivity contribution in [2.24, 2.45) is 5.41 Å². The molecule has 0 spiro atoms. The molecule has 3 aliphatic carbocycles. The van der Waals surface area contributed by atoms with E-state index in [1.807, 2.05) is 18.2 Å². The van der Waals surface area contributed by atoms with Gasteiger partial charge in [0, 0.05) is 43.5 Å². The molecule has 36 heavy (non-hydrogen) atoms. The molecule has 0 atom stereocenters. The lowest BCUT2D eigenvalue weighted by Crippen LogP contribution is -2.67. The van der Waals surface area contributed by atoms with E-state index in [1.165, 1.54) is 10.5 Å². The van der Waals surface area contributed by atoms with Gasteiger partial charge in [-0.05, 0) is 66.1 Å². The Labute approximate surface area is 206 Å². The summed E-state index contributed by atoms with van der Waals surface area (Å²) < 4.78 is 20.7. The van der Waals surface area contributed by atoms with Crippen LogP contribution in [-0.4, -0.2) is 39.6 Å². The van der Waals surface area contributed by atoms with E-state index in [4.69, 9.17) is 4.74 Å². The Hall–Kier alpha value is -3.85. The van der Waals surface area contributed by atoms with Crippen molar-refractivity contribution in [3.8, 4) is 5.75 Å². The maximum Gasteiger partial charge on any atom is 0.270 e. The third-order valence-corrected chi connectivity index (χ3v) is 7.25. The maximum atomic E-state index is 13.8. The van der Waals surface area contributed by atoms with Crippen molar-refractivity contribution in [3.05, 3.63) is 82.0 Å². The van der Waals surface area contributed by atoms with Crippen LogP contribution < -0.4 is 20.9 Å². The molecule has 2 bridgehead atoms. The monoisotopic (exact) mass is 487 g/mol. The van der Waals surface area contributed by atoms with Gasteiger partial charge in [-0.2, -0.15) is 0 Å². The Morgan fingerprint density at radius 1 is 1.14 bits per heavy atom. The number of aromatic nitrogens is 3. The van der Waals surface area contributed by atoms with Gasteiger partial charge in [-0.1, -0.05) is 6.07 Å². The lowest BCUT2D eigenvalue weighted by Gasteiger charge is -2.66. The van der Waals surface area contributed by atoms with Gasteiger partial charge in [-0.15, -0.1) is 0 Å². The van der Waals surface area contributed by atoms with E-state index in [-0.39, 0.29) is 23.2 Å². The smallest absolute Gasteiger partial charge is 0.270 e. The fraction of sp³-hybridized carbons (Fsp3) is 0.333. The lowest BCUT2D eigenvalue weighted by molar-refractivity contribution is -0.209. The van der Waals surface area contributed by atoms with Crippen molar-refractivity contribution in [2.45, 2.75) is 38.0 Å². The first-order valence-corrected chi connectivity index (χ1v) is 12.0. The minimum atomic E-state index is -0.883. The molecule has 0 saturated heterocycles. The third-order valence-electron chi connectivity index (χ3n) is 7.25. The molecule has 0 unspecified atom stereocenters. The van der Waals surface area contributed by atoms with Crippen molar-refractivity contribution in [2.75, 3.05) is 13.7 Å². The number of hydrogen-bond acceptors (Lipinski definition) is 6. The van der Waals surface area contributed by atoms with Crippen LogP contribution in [0.1, 0.15) is 40.9 Å². The Bertz CT molecular complexity index is 1550. The van der Waals surface area contributed by atoms with Crippen LogP contribution >= 0.6 is 0 Å². The zero-order chi connectivity index (χ0) is 24.9. The van der Waals surface area contributed by atoms with Crippen molar-refractivity contribution in [1.82, 2.24) is 25.0 Å². The summed E-state index contributed by atoms with van der Waals surface area (Å²) in [6.07, 6.45) is 5.34. The van der Waals surface area contributed by atoms with Gasteiger partial charge >= 0.3 is 0 Å². The van der Waals surface area contributed by atoms with E-state index in [9.17, 15) is 14.0 Å². The van der Waals surface area contributed by atoms with Gasteiger partial charge in [-0.3, -0.25) is 19.0 Å². The number of pyridine rings is 2. The third kappa shape index (κ3) is 3.99. The second-order valence-corrected chi connectivity index (χ2v) is 10.1. The van der Waals surface area contributed by atoms with Crippen molar-refractivity contribution in [3.63, 3.8) is 0 Å². The highest BCUT2D eigenvalue weighted by Crippen LogP contribution is 2.69. The van der Waals surface area contributed by atoms with Crippen LogP contribution in [-0.2, 0) is 13.1 Å². The molecule has 3 aliphatic rings. The number of benzene rings is 1. The molecule has 8 nitrogen and oxygen atoms in total. The normalized spacial score (nSPS) is 22.2. The van der Waals surface area contributed by atoms with Gasteiger partial charge in [0.05, 0.1) is 7.11 Å². The number of fused-ring (bicyclic) bond motifs is 2. The SMILES string of the molecule is COc1cc(CNCC23CC(F)(C2)C3)cc2cc(CNC(=O)c3cc(=O)n4ccccc4n3)cnc12. The molecule has 0 aliphatic heterocycles. The van der Waals surface area contributed by atoms with E-state index in [1.54, 1.807) is 37.7 Å². The molecule has 1 amide bonds. The predicted octanol–water partition coefficient (Wildman–Crippen LogP) is 3.16. The number of nitrogens with zero attached hydrogens (tertiary/aromatic N) is 3. The summed E-state index contributed by atoms with van der Waals surface area (Å²) in [5.41, 5.74) is 2.02. The van der Waals surface area contributed by atoms with Crippen molar-refractivity contribution < 1.29 is 13.9 Å². The molecule has 7 rings (SSSR count). The van der Waals surface area contributed by atoms with E-state index >= 15 is 0 Å². The fourth-order valence-electron chi connectivity index (χ4n) is 5.64. The minimum absolute atomic E-state index is 0.0670. The standard InChI is InChI=1S/C27H26FN5O3/c1-36-21-8-17(10-29-16-26-13-27(28,14-26)15-26)6-19-7-18(11-30-24(19)21)12-31-25(35)20-9-23(34)33-5-3-2-4-22(33)32-20/h2-9,11,29H,10,12-16H2,1H3,(H,31,35). The largest absolute Gasteiger partial charge is 0.494 e. The number of ether oxygens (including phenoxy) is 1. The van der Waals surface area contributed by atoms with E-state index in [0.717, 1.165) is 28.6 Å². The van der Waals surface area contributed by atoms with Gasteiger partial charge < -0.3 is 15.4 Å². The van der Waals surface area contributed by atoms with Crippen LogP contribution in [0.3, 0.4) is 0 Å². The van der Waals surface area contributed by atoms with E-state index < -0.39 is 11.6 Å². The van der Waals surface area contributed by atoms with E-state index in [2.05, 4.69) is 20.6 Å². The number of carbonyl (C=O) groups excluding carboxylic acids is 1. The lowest BCUT2D eigenvalue weighted by atomic mass is 9.42. The molecule has 3 saturated carbocycles. The molecule has 9 heteroatoms. The molecule has 2 N–H and O–H groups in total. The first-order chi connectivity index (χ1) is 17.4. The van der Waals surface area contributed by atoms with Crippen molar-refractivity contribution >= 4 is 22.5 Å². The average molecular weight is 488 g/mol. The van der Waals surface area contributed by atoms with Crippen molar-refractivity contribution in [1.29, 1.82) is 0 Å². The second-order valence-electron chi connectivity index (χ2n) is 10.1. The molecule has 3 fully saturated rings. The van der Waals surface area contributed by atoms with Gasteiger partial charge in [0.2, 0.25) is 0 Å². The summed E-state index contributed by atoms with van der Waals surface area (Å²) in [7, 11) is 1.61. The first-order valence-electron chi connectivity index (χ1n) is 12.0. The molecular formula is C27H26FN5O3. The highest BCUT2D eigenvalue weighted by atomic mass is 19.1. The first kappa shape index (κ1) is 22.6. The maximum absolute atomic E-state index is 13.8. The zero-order valence-electron chi connectivity index (χ0n) is 19.9. The second kappa shape index (κ2) is 8.37. The quantitative estimate of drug-likeness (QED) is 0.396. The minimum Gasteiger partial charge on any atom is -0.494 e. The highest BCUT2D eigenvalue weighted by Gasteiger charge is 2.68. The summed E-state index contributed by atoms with van der Waals surface area (Å²) in [6, 6.07) is 12.4. The van der Waals surface area contributed by atoms with Gasteiger partial charge in [0.1, 0.15) is 28.3 Å². The molecule has 3 heterocycles. The van der Waals surface area contributed by atoms with Gasteiger partial charge in [0.15, 0.2) is 0 Å². The van der Waals surface area contributed by atoms with Crippen LogP contribution in [0.4, 0.5) is 4.39 Å². The molecule has 0 radical (unpaired) electrons. The number of hydrogen-bond donors (Lipinski definition) is 2. The molecule has 4 aromatic rings. The summed E-state index contributed by atoms with van der Waals surface area (Å²) in [6.45, 7) is 1.70. The number of nitrogens with one attached hydrogen (secondary N) is 2. The molecule has 1 aromatic carbocycles. The average Bonchev–Trinajstić information content (AvgIpc) is 2.84. The Morgan fingerprint density at radius 2 is 1.94 bits per heavy atom. The summed E-state index contributed by atoms with van der Waals surface area (Å²) in [4.78, 5) is 33.8. The Balaban J connectivity index is 1.15. The number of carbonyl (C=O) groups is 1. The molecule has 3 aromatic heterocycles. The van der Waals surface area contributed by atoms with Crippen LogP contribution in [0.25, 0.3) is 16.6 Å². The predicted molar refractivity (Wildman–Crippen MR) is 133 cm³/mol. The summed E-state index contributed by atoms with van der Waals surface area (Å²) in [5.74, 6) is 0.242. The number of alkyl halides is 1.